The third kappa shape index (κ3) is 6.85. The molecule has 6 heteroatoms. The van der Waals surface area contributed by atoms with Crippen molar-refractivity contribution in [1.29, 1.82) is 0 Å². The molecule has 0 radical (unpaired) electrons. The number of hydrogen-bond acceptors (Lipinski definition) is 3. The molecule has 0 aliphatic carbocycles. The van der Waals surface area contributed by atoms with E-state index in [0.717, 1.165) is 0 Å². The molecular formula is C6H12N4O2. The average molecular weight is 172 g/mol. The van der Waals surface area contributed by atoms with Gasteiger partial charge in [-0.25, -0.2) is 0 Å². The SMILES string of the molecule is COCC(=O)NCCCN=[N+]=[N-]. The van der Waals surface area contributed by atoms with Gasteiger partial charge < -0.3 is 10.1 Å². The largest absolute Gasteiger partial charge is 0.375 e. The predicted molar refractivity (Wildman–Crippen MR) is 43.5 cm³/mol. The maximum absolute atomic E-state index is 10.7. The van der Waals surface area contributed by atoms with Gasteiger partial charge in [-0.1, -0.05) is 5.11 Å². The predicted octanol–water partition coefficient (Wildman–Crippen LogP) is 0.449. The standard InChI is InChI=1S/C6H12N4O2/c1-12-5-6(11)8-3-2-4-9-10-7/h2-5H2,1H3,(H,8,11). The molecular weight excluding hydrogens is 160 g/mol. The number of azide groups is 1. The van der Waals surface area contributed by atoms with Crippen LogP contribution in [0, 0.1) is 0 Å². The van der Waals surface area contributed by atoms with Gasteiger partial charge >= 0.3 is 0 Å². The molecule has 0 bridgehead atoms. The molecule has 0 saturated carbocycles. The van der Waals surface area contributed by atoms with Gasteiger partial charge in [-0.05, 0) is 12.0 Å². The third-order valence-corrected chi connectivity index (χ3v) is 1.10. The second-order valence-electron chi connectivity index (χ2n) is 2.09. The zero-order valence-electron chi connectivity index (χ0n) is 6.99. The van der Waals surface area contributed by atoms with E-state index in [0.29, 0.717) is 19.5 Å². The summed E-state index contributed by atoms with van der Waals surface area (Å²) in [5.74, 6) is -0.154. The Hall–Kier alpha value is -1.26. The van der Waals surface area contributed by atoms with Crippen LogP contribution >= 0.6 is 0 Å². The van der Waals surface area contributed by atoms with Crippen LogP contribution in [0.2, 0.25) is 0 Å². The van der Waals surface area contributed by atoms with Crippen LogP contribution in [0.4, 0.5) is 0 Å². The molecule has 0 fully saturated rings. The van der Waals surface area contributed by atoms with Gasteiger partial charge in [-0.15, -0.1) is 0 Å². The normalized spacial score (nSPS) is 8.75. The molecule has 0 aromatic heterocycles. The highest BCUT2D eigenvalue weighted by Crippen LogP contribution is 1.79. The monoisotopic (exact) mass is 172 g/mol. The van der Waals surface area contributed by atoms with E-state index < -0.39 is 0 Å². The second kappa shape index (κ2) is 7.84. The summed E-state index contributed by atoms with van der Waals surface area (Å²) in [6, 6.07) is 0. The van der Waals surface area contributed by atoms with E-state index in [1.165, 1.54) is 7.11 Å². The smallest absolute Gasteiger partial charge is 0.245 e. The molecule has 1 amide bonds. The van der Waals surface area contributed by atoms with Crippen LogP contribution in [0.5, 0.6) is 0 Å². The number of methoxy groups -OCH3 is 1. The molecule has 0 heterocycles. The third-order valence-electron chi connectivity index (χ3n) is 1.10. The zero-order valence-corrected chi connectivity index (χ0v) is 6.99. The molecule has 0 spiro atoms. The van der Waals surface area contributed by atoms with Crippen molar-refractivity contribution < 1.29 is 9.53 Å². The molecule has 0 atom stereocenters. The lowest BCUT2D eigenvalue weighted by Gasteiger charge is -2.01. The Kier molecular flexibility index (Phi) is 7.02. The van der Waals surface area contributed by atoms with E-state index in [9.17, 15) is 4.79 Å². The first-order valence-corrected chi connectivity index (χ1v) is 3.57. The summed E-state index contributed by atoms with van der Waals surface area (Å²) in [5.41, 5.74) is 7.91. The van der Waals surface area contributed by atoms with Gasteiger partial charge in [0.2, 0.25) is 5.91 Å². The lowest BCUT2D eigenvalue weighted by Crippen LogP contribution is -2.28. The molecule has 0 saturated heterocycles. The number of rotatable bonds is 6. The van der Waals surface area contributed by atoms with Gasteiger partial charge in [0, 0.05) is 25.1 Å². The fraction of sp³-hybridized carbons (Fsp3) is 0.833. The van der Waals surface area contributed by atoms with Crippen molar-refractivity contribution in [3.8, 4) is 0 Å². The summed E-state index contributed by atoms with van der Waals surface area (Å²) >= 11 is 0. The summed E-state index contributed by atoms with van der Waals surface area (Å²) in [4.78, 5) is 13.3. The van der Waals surface area contributed by atoms with Gasteiger partial charge in [0.25, 0.3) is 0 Å². The van der Waals surface area contributed by atoms with E-state index in [4.69, 9.17) is 5.53 Å². The fourth-order valence-electron chi connectivity index (χ4n) is 0.604. The first kappa shape index (κ1) is 10.7. The van der Waals surface area contributed by atoms with Crippen LogP contribution in [0.25, 0.3) is 10.4 Å². The highest BCUT2D eigenvalue weighted by atomic mass is 16.5. The van der Waals surface area contributed by atoms with Crippen LogP contribution in [-0.4, -0.2) is 32.7 Å². The quantitative estimate of drug-likeness (QED) is 0.273. The summed E-state index contributed by atoms with van der Waals surface area (Å²) in [5, 5.41) is 5.91. The lowest BCUT2D eigenvalue weighted by molar-refractivity contribution is -0.124. The summed E-state index contributed by atoms with van der Waals surface area (Å²) in [6.07, 6.45) is 0.652. The first-order chi connectivity index (χ1) is 5.81. The van der Waals surface area contributed by atoms with Crippen LogP contribution in [0.1, 0.15) is 6.42 Å². The summed E-state index contributed by atoms with van der Waals surface area (Å²) in [6.45, 7) is 0.993. The average Bonchev–Trinajstić information content (AvgIpc) is 2.05. The highest BCUT2D eigenvalue weighted by molar-refractivity contribution is 5.77. The number of carbonyl (C=O) groups is 1. The van der Waals surface area contributed by atoms with Crippen molar-refractivity contribution in [1.82, 2.24) is 5.32 Å². The molecule has 6 nitrogen and oxygen atoms in total. The number of hydrogen-bond donors (Lipinski definition) is 1. The van der Waals surface area contributed by atoms with E-state index >= 15 is 0 Å². The first-order valence-electron chi connectivity index (χ1n) is 3.57. The van der Waals surface area contributed by atoms with Crippen molar-refractivity contribution in [2.24, 2.45) is 5.11 Å². The topological polar surface area (TPSA) is 87.1 Å². The van der Waals surface area contributed by atoms with Crippen LogP contribution < -0.4 is 5.32 Å². The molecule has 0 aliphatic rings. The van der Waals surface area contributed by atoms with Gasteiger partial charge in [-0.3, -0.25) is 4.79 Å². The van der Waals surface area contributed by atoms with Crippen LogP contribution in [0.3, 0.4) is 0 Å². The minimum atomic E-state index is -0.154. The Bertz CT molecular complexity index is 176. The summed E-state index contributed by atoms with van der Waals surface area (Å²) < 4.78 is 4.59. The van der Waals surface area contributed by atoms with Crippen molar-refractivity contribution in [2.45, 2.75) is 6.42 Å². The highest BCUT2D eigenvalue weighted by Gasteiger charge is 1.96. The minimum Gasteiger partial charge on any atom is -0.375 e. The number of amides is 1. The Balaban J connectivity index is 3.19. The number of ether oxygens (including phenoxy) is 1. The van der Waals surface area contributed by atoms with Crippen molar-refractivity contribution in [3.63, 3.8) is 0 Å². The van der Waals surface area contributed by atoms with Crippen LogP contribution in [0.15, 0.2) is 5.11 Å². The van der Waals surface area contributed by atoms with E-state index in [-0.39, 0.29) is 12.5 Å². The Morgan fingerprint density at radius 2 is 2.50 bits per heavy atom. The lowest BCUT2D eigenvalue weighted by atomic mass is 10.4. The van der Waals surface area contributed by atoms with Gasteiger partial charge in [-0.2, -0.15) is 0 Å². The maximum atomic E-state index is 10.7. The Morgan fingerprint density at radius 1 is 1.75 bits per heavy atom. The van der Waals surface area contributed by atoms with Crippen molar-refractivity contribution in [2.75, 3.05) is 26.8 Å². The van der Waals surface area contributed by atoms with Gasteiger partial charge in [0.1, 0.15) is 6.61 Å². The van der Waals surface area contributed by atoms with Crippen molar-refractivity contribution >= 4 is 5.91 Å². The van der Waals surface area contributed by atoms with Crippen molar-refractivity contribution in [3.05, 3.63) is 10.4 Å². The fourth-order valence-corrected chi connectivity index (χ4v) is 0.604. The Morgan fingerprint density at radius 3 is 3.08 bits per heavy atom. The second-order valence-corrected chi connectivity index (χ2v) is 2.09. The van der Waals surface area contributed by atoms with E-state index in [2.05, 4.69) is 20.1 Å². The molecule has 68 valence electrons. The molecule has 0 aliphatic heterocycles. The minimum absolute atomic E-state index is 0.0710. The molecule has 0 rings (SSSR count). The molecule has 12 heavy (non-hydrogen) atoms. The van der Waals surface area contributed by atoms with E-state index in [1.54, 1.807) is 0 Å². The molecule has 0 unspecified atom stereocenters. The number of carbonyl (C=O) groups excluding carboxylic acids is 1. The van der Waals surface area contributed by atoms with E-state index in [1.807, 2.05) is 0 Å². The molecule has 0 aromatic carbocycles. The van der Waals surface area contributed by atoms with Gasteiger partial charge in [0.05, 0.1) is 0 Å². The molecule has 1 N–H and O–H groups in total. The molecule has 0 aromatic rings. The number of nitrogens with zero attached hydrogens (tertiary/aromatic N) is 3. The van der Waals surface area contributed by atoms with Crippen LogP contribution in [-0.2, 0) is 9.53 Å². The Labute approximate surface area is 70.5 Å². The summed E-state index contributed by atoms with van der Waals surface area (Å²) in [7, 11) is 1.46. The zero-order chi connectivity index (χ0) is 9.23. The maximum Gasteiger partial charge on any atom is 0.245 e. The number of nitrogens with one attached hydrogen (secondary N) is 1. The van der Waals surface area contributed by atoms with Gasteiger partial charge in [0.15, 0.2) is 0 Å².